The molecule has 1 amide bonds. The molecule has 1 atom stereocenters. The molecule has 0 spiro atoms. The van der Waals surface area contributed by atoms with E-state index in [0.29, 0.717) is 13.0 Å². The minimum absolute atomic E-state index is 0.0808. The number of likely N-dealkylation sites (N-methyl/N-ethyl adjacent to an activating group) is 1. The molecule has 0 radical (unpaired) electrons. The second kappa shape index (κ2) is 7.09. The summed E-state index contributed by atoms with van der Waals surface area (Å²) in [6, 6.07) is 4.50. The van der Waals surface area contributed by atoms with Gasteiger partial charge in [-0.25, -0.2) is 4.39 Å². The monoisotopic (exact) mass is 269 g/mol. The number of hydrogen-bond donors (Lipinski definition) is 1. The molecule has 0 fully saturated rings. The van der Waals surface area contributed by atoms with Crippen molar-refractivity contribution in [2.75, 3.05) is 20.2 Å². The van der Waals surface area contributed by atoms with E-state index in [-0.39, 0.29) is 18.3 Å². The van der Waals surface area contributed by atoms with E-state index in [1.807, 2.05) is 6.92 Å². The van der Waals surface area contributed by atoms with Gasteiger partial charge < -0.3 is 14.7 Å². The molecule has 1 aromatic rings. The maximum atomic E-state index is 13.4. The van der Waals surface area contributed by atoms with Crippen molar-refractivity contribution in [2.24, 2.45) is 0 Å². The van der Waals surface area contributed by atoms with Gasteiger partial charge in [-0.2, -0.15) is 0 Å². The smallest absolute Gasteiger partial charge is 0.260 e. The number of halogens is 1. The predicted octanol–water partition coefficient (Wildman–Crippen LogP) is 1.74. The van der Waals surface area contributed by atoms with Gasteiger partial charge in [0.25, 0.3) is 5.91 Å². The Bertz CT molecular complexity index is 435. The normalized spacial score (nSPS) is 12.1. The van der Waals surface area contributed by atoms with Gasteiger partial charge in [0, 0.05) is 13.6 Å². The summed E-state index contributed by atoms with van der Waals surface area (Å²) < 4.78 is 18.6. The molecule has 0 aliphatic rings. The number of aliphatic hydroxyl groups is 1. The van der Waals surface area contributed by atoms with E-state index in [1.165, 1.54) is 11.0 Å². The summed E-state index contributed by atoms with van der Waals surface area (Å²) in [6.45, 7) is 3.71. The van der Waals surface area contributed by atoms with Crippen LogP contribution in [0, 0.1) is 12.7 Å². The topological polar surface area (TPSA) is 49.8 Å². The van der Waals surface area contributed by atoms with E-state index in [2.05, 4.69) is 0 Å². The molecular formula is C14H20FNO3. The fraction of sp³-hybridized carbons (Fsp3) is 0.500. The molecule has 1 unspecified atom stereocenters. The SMILES string of the molecule is Cc1ccc(F)c(OCC(=O)N(C)CCC(C)O)c1. The van der Waals surface area contributed by atoms with Crippen LogP contribution in [0.25, 0.3) is 0 Å². The van der Waals surface area contributed by atoms with Crippen LogP contribution in [0.4, 0.5) is 4.39 Å². The van der Waals surface area contributed by atoms with Gasteiger partial charge in [-0.05, 0) is 38.0 Å². The number of rotatable bonds is 6. The van der Waals surface area contributed by atoms with Gasteiger partial charge in [-0.3, -0.25) is 4.79 Å². The van der Waals surface area contributed by atoms with Crippen LogP contribution in [0.15, 0.2) is 18.2 Å². The lowest BCUT2D eigenvalue weighted by Gasteiger charge is -2.18. The third-order valence-corrected chi connectivity index (χ3v) is 2.75. The number of ether oxygens (including phenoxy) is 1. The van der Waals surface area contributed by atoms with Crippen LogP contribution in [0.1, 0.15) is 18.9 Å². The third-order valence-electron chi connectivity index (χ3n) is 2.75. The molecule has 0 aliphatic carbocycles. The van der Waals surface area contributed by atoms with Crippen molar-refractivity contribution in [3.8, 4) is 5.75 Å². The lowest BCUT2D eigenvalue weighted by molar-refractivity contribution is -0.132. The summed E-state index contributed by atoms with van der Waals surface area (Å²) in [5.74, 6) is -0.649. The molecule has 0 saturated heterocycles. The van der Waals surface area contributed by atoms with Gasteiger partial charge in [-0.1, -0.05) is 6.07 Å². The number of benzene rings is 1. The van der Waals surface area contributed by atoms with Gasteiger partial charge in [0.05, 0.1) is 6.10 Å². The van der Waals surface area contributed by atoms with Crippen LogP contribution in [0.5, 0.6) is 5.75 Å². The summed E-state index contributed by atoms with van der Waals surface area (Å²) in [6.07, 6.45) is 0.0477. The molecule has 1 N–H and O–H groups in total. The number of nitrogens with zero attached hydrogens (tertiary/aromatic N) is 1. The van der Waals surface area contributed by atoms with Crippen LogP contribution >= 0.6 is 0 Å². The van der Waals surface area contributed by atoms with Crippen molar-refractivity contribution in [1.82, 2.24) is 4.90 Å². The Balaban J connectivity index is 2.47. The van der Waals surface area contributed by atoms with Crippen molar-refractivity contribution in [3.63, 3.8) is 0 Å². The minimum atomic E-state index is -0.481. The van der Waals surface area contributed by atoms with Gasteiger partial charge in [0.1, 0.15) is 0 Å². The first-order valence-corrected chi connectivity index (χ1v) is 6.21. The molecular weight excluding hydrogens is 249 g/mol. The second-order valence-corrected chi connectivity index (χ2v) is 4.68. The summed E-state index contributed by atoms with van der Waals surface area (Å²) in [4.78, 5) is 13.2. The maximum Gasteiger partial charge on any atom is 0.260 e. The van der Waals surface area contributed by atoms with E-state index >= 15 is 0 Å². The lowest BCUT2D eigenvalue weighted by atomic mass is 10.2. The van der Waals surface area contributed by atoms with E-state index in [0.717, 1.165) is 5.56 Å². The highest BCUT2D eigenvalue weighted by molar-refractivity contribution is 5.77. The molecule has 19 heavy (non-hydrogen) atoms. The second-order valence-electron chi connectivity index (χ2n) is 4.68. The third kappa shape index (κ3) is 5.26. The predicted molar refractivity (Wildman–Crippen MR) is 70.6 cm³/mol. The highest BCUT2D eigenvalue weighted by Crippen LogP contribution is 2.18. The molecule has 1 aromatic carbocycles. The number of carbonyl (C=O) groups is 1. The zero-order valence-electron chi connectivity index (χ0n) is 11.5. The molecule has 106 valence electrons. The Hall–Kier alpha value is -1.62. The molecule has 0 heterocycles. The summed E-state index contributed by atoms with van der Waals surface area (Å²) in [5.41, 5.74) is 0.867. The van der Waals surface area contributed by atoms with Crippen LogP contribution in [-0.2, 0) is 4.79 Å². The first-order chi connectivity index (χ1) is 8.90. The zero-order chi connectivity index (χ0) is 14.4. The van der Waals surface area contributed by atoms with Crippen molar-refractivity contribution in [1.29, 1.82) is 0 Å². The number of carbonyl (C=O) groups excluding carboxylic acids is 1. The van der Waals surface area contributed by atoms with Crippen molar-refractivity contribution >= 4 is 5.91 Å². The van der Waals surface area contributed by atoms with Gasteiger partial charge in [-0.15, -0.1) is 0 Å². The van der Waals surface area contributed by atoms with Gasteiger partial charge in [0.2, 0.25) is 0 Å². The number of hydrogen-bond acceptors (Lipinski definition) is 3. The van der Waals surface area contributed by atoms with Crippen LogP contribution in [-0.4, -0.2) is 42.2 Å². The lowest BCUT2D eigenvalue weighted by Crippen LogP contribution is -2.33. The Kier molecular flexibility index (Phi) is 5.76. The highest BCUT2D eigenvalue weighted by atomic mass is 19.1. The molecule has 4 nitrogen and oxygen atoms in total. The van der Waals surface area contributed by atoms with E-state index in [1.54, 1.807) is 26.1 Å². The van der Waals surface area contributed by atoms with Crippen molar-refractivity contribution < 1.29 is 19.0 Å². The van der Waals surface area contributed by atoms with Gasteiger partial charge in [0.15, 0.2) is 18.2 Å². The highest BCUT2D eigenvalue weighted by Gasteiger charge is 2.12. The first kappa shape index (κ1) is 15.4. The maximum absolute atomic E-state index is 13.4. The number of aliphatic hydroxyl groups excluding tert-OH is 1. The molecule has 5 heteroatoms. The summed E-state index contributed by atoms with van der Waals surface area (Å²) in [5, 5.41) is 9.14. The van der Waals surface area contributed by atoms with Gasteiger partial charge >= 0.3 is 0 Å². The Morgan fingerprint density at radius 2 is 2.21 bits per heavy atom. The Morgan fingerprint density at radius 1 is 1.53 bits per heavy atom. The number of amides is 1. The molecule has 0 aromatic heterocycles. The molecule has 0 saturated carbocycles. The standard InChI is InChI=1S/C14H20FNO3/c1-10-4-5-12(15)13(8-10)19-9-14(18)16(3)7-6-11(2)17/h4-5,8,11,17H,6-7,9H2,1-3H3. The molecule has 0 bridgehead atoms. The zero-order valence-corrected chi connectivity index (χ0v) is 11.5. The van der Waals surface area contributed by atoms with Crippen LogP contribution in [0.2, 0.25) is 0 Å². The minimum Gasteiger partial charge on any atom is -0.481 e. The van der Waals surface area contributed by atoms with Crippen LogP contribution < -0.4 is 4.74 Å². The van der Waals surface area contributed by atoms with E-state index in [9.17, 15) is 9.18 Å². The average Bonchev–Trinajstić information content (AvgIpc) is 2.36. The van der Waals surface area contributed by atoms with E-state index in [4.69, 9.17) is 9.84 Å². The van der Waals surface area contributed by atoms with Crippen molar-refractivity contribution in [2.45, 2.75) is 26.4 Å². The average molecular weight is 269 g/mol. The fourth-order valence-corrected chi connectivity index (χ4v) is 1.48. The van der Waals surface area contributed by atoms with Crippen molar-refractivity contribution in [3.05, 3.63) is 29.6 Å². The summed E-state index contributed by atoms with van der Waals surface area (Å²) >= 11 is 0. The Labute approximate surface area is 112 Å². The quantitative estimate of drug-likeness (QED) is 0.856. The largest absolute Gasteiger partial charge is 0.481 e. The Morgan fingerprint density at radius 3 is 2.84 bits per heavy atom. The summed E-state index contributed by atoms with van der Waals surface area (Å²) in [7, 11) is 1.63. The van der Waals surface area contributed by atoms with Crippen LogP contribution in [0.3, 0.4) is 0 Å². The molecule has 1 rings (SSSR count). The fourth-order valence-electron chi connectivity index (χ4n) is 1.48. The van der Waals surface area contributed by atoms with E-state index < -0.39 is 11.9 Å². The first-order valence-electron chi connectivity index (χ1n) is 6.21. The molecule has 0 aliphatic heterocycles. The number of aryl methyl sites for hydroxylation is 1.